The van der Waals surface area contributed by atoms with E-state index in [2.05, 4.69) is 0 Å². The van der Waals surface area contributed by atoms with Crippen LogP contribution in [0.15, 0.2) is 84.4 Å². The molecule has 4 aromatic rings. The molecule has 0 spiro atoms. The minimum atomic E-state index is -0.903. The van der Waals surface area contributed by atoms with Gasteiger partial charge in [-0.3, -0.25) is 19.7 Å². The number of benzene rings is 4. The Balaban J connectivity index is 1.74. The van der Waals surface area contributed by atoms with Crippen molar-refractivity contribution in [2.45, 2.75) is 6.92 Å². The highest BCUT2D eigenvalue weighted by Crippen LogP contribution is 2.39. The lowest BCUT2D eigenvalue weighted by Crippen LogP contribution is -2.57. The number of anilines is 2. The van der Waals surface area contributed by atoms with Crippen molar-refractivity contribution in [1.29, 1.82) is 0 Å². The van der Waals surface area contributed by atoms with Gasteiger partial charge in [0.2, 0.25) is 5.75 Å². The van der Waals surface area contributed by atoms with Crippen LogP contribution in [-0.2, 0) is 9.59 Å². The predicted octanol–water partition coefficient (Wildman–Crippen LogP) is 5.35. The summed E-state index contributed by atoms with van der Waals surface area (Å²) in [6, 6.07) is 20.4. The molecule has 0 atom stereocenters. The highest BCUT2D eigenvalue weighted by molar-refractivity contribution is 6.46. The van der Waals surface area contributed by atoms with Gasteiger partial charge in [0.05, 0.1) is 23.4 Å². The molecule has 0 saturated carbocycles. The number of imide groups is 2. The number of ether oxygens (including phenoxy) is 1. The molecule has 1 saturated heterocycles. The minimum Gasteiger partial charge on any atom is -0.500 e. The molecular weight excluding hydrogens is 502 g/mol. The molecule has 10 nitrogen and oxygen atoms in total. The number of carbonyl (C=O) groups excluding carboxylic acids is 3. The molecular formula is C29H21N3O7. The van der Waals surface area contributed by atoms with Gasteiger partial charge in [-0.15, -0.1) is 0 Å². The molecule has 0 unspecified atom stereocenters. The maximum absolute atomic E-state index is 13.9. The van der Waals surface area contributed by atoms with E-state index in [4.69, 9.17) is 4.74 Å². The quantitative estimate of drug-likeness (QED) is 0.161. The van der Waals surface area contributed by atoms with Crippen LogP contribution in [0.25, 0.3) is 16.8 Å². The Kier molecular flexibility index (Phi) is 6.29. The highest BCUT2D eigenvalue weighted by Gasteiger charge is 2.44. The number of methoxy groups -OCH3 is 1. The molecule has 1 heterocycles. The van der Waals surface area contributed by atoms with Crippen LogP contribution in [0.1, 0.15) is 11.1 Å². The monoisotopic (exact) mass is 523 g/mol. The third-order valence-electron chi connectivity index (χ3n) is 6.32. The number of aryl methyl sites for hydroxylation is 1. The molecule has 1 aliphatic rings. The van der Waals surface area contributed by atoms with E-state index in [0.29, 0.717) is 5.39 Å². The number of barbiturate groups is 1. The minimum absolute atomic E-state index is 0.0458. The van der Waals surface area contributed by atoms with Crippen molar-refractivity contribution in [1.82, 2.24) is 0 Å². The largest absolute Gasteiger partial charge is 0.500 e. The van der Waals surface area contributed by atoms with E-state index < -0.39 is 39.8 Å². The number of aromatic hydroxyl groups is 1. The average Bonchev–Trinajstić information content (AvgIpc) is 2.92. The van der Waals surface area contributed by atoms with Crippen LogP contribution < -0.4 is 14.5 Å². The van der Waals surface area contributed by atoms with Gasteiger partial charge >= 0.3 is 11.7 Å². The van der Waals surface area contributed by atoms with Crippen molar-refractivity contribution in [2.75, 3.05) is 16.9 Å². The van der Waals surface area contributed by atoms with Gasteiger partial charge in [-0.2, -0.15) is 0 Å². The van der Waals surface area contributed by atoms with Crippen LogP contribution in [0, 0.1) is 17.0 Å². The van der Waals surface area contributed by atoms with Gasteiger partial charge in [-0.05, 0) is 53.8 Å². The lowest BCUT2D eigenvalue weighted by Gasteiger charge is -2.34. The Morgan fingerprint density at radius 2 is 1.59 bits per heavy atom. The van der Waals surface area contributed by atoms with E-state index in [1.165, 1.54) is 13.2 Å². The fourth-order valence-electron chi connectivity index (χ4n) is 4.50. The van der Waals surface area contributed by atoms with E-state index in [1.54, 1.807) is 55.5 Å². The fraction of sp³-hybridized carbons (Fsp3) is 0.0690. The highest BCUT2D eigenvalue weighted by atomic mass is 16.6. The Morgan fingerprint density at radius 1 is 0.897 bits per heavy atom. The lowest BCUT2D eigenvalue weighted by atomic mass is 10.0. The number of nitrogens with zero attached hydrogens (tertiary/aromatic N) is 3. The molecule has 0 aromatic heterocycles. The second-order valence-corrected chi connectivity index (χ2v) is 8.81. The molecule has 5 rings (SSSR count). The number of nitro benzene ring substituents is 1. The number of amides is 4. The molecule has 1 fully saturated rings. The van der Waals surface area contributed by atoms with Crippen LogP contribution >= 0.6 is 0 Å². The summed E-state index contributed by atoms with van der Waals surface area (Å²) in [6.45, 7) is 1.80. The van der Waals surface area contributed by atoms with Crippen molar-refractivity contribution in [3.05, 3.63) is 106 Å². The number of carbonyl (C=O) groups is 3. The molecule has 10 heteroatoms. The number of nitro groups is 1. The number of fused-ring (bicyclic) bond motifs is 1. The molecule has 1 aliphatic heterocycles. The molecule has 1 N–H and O–H groups in total. The summed E-state index contributed by atoms with van der Waals surface area (Å²) in [7, 11) is 1.22. The predicted molar refractivity (Wildman–Crippen MR) is 145 cm³/mol. The molecule has 39 heavy (non-hydrogen) atoms. The van der Waals surface area contributed by atoms with Crippen molar-refractivity contribution >= 4 is 51.8 Å². The number of urea groups is 1. The first kappa shape index (κ1) is 25.2. The second kappa shape index (κ2) is 9.75. The summed E-state index contributed by atoms with van der Waals surface area (Å²) in [5.41, 5.74) is 0.271. The van der Waals surface area contributed by atoms with Crippen LogP contribution in [0.4, 0.5) is 21.9 Å². The Labute approximate surface area is 222 Å². The molecule has 4 amide bonds. The van der Waals surface area contributed by atoms with E-state index in [0.717, 1.165) is 32.9 Å². The van der Waals surface area contributed by atoms with Crippen molar-refractivity contribution in [2.24, 2.45) is 0 Å². The fourth-order valence-corrected chi connectivity index (χ4v) is 4.50. The smallest absolute Gasteiger partial charge is 0.343 e. The maximum Gasteiger partial charge on any atom is 0.343 e. The zero-order valence-electron chi connectivity index (χ0n) is 20.8. The summed E-state index contributed by atoms with van der Waals surface area (Å²) in [4.78, 5) is 53.9. The normalized spacial score (nSPS) is 14.8. The van der Waals surface area contributed by atoms with Crippen LogP contribution in [0.3, 0.4) is 0 Å². The van der Waals surface area contributed by atoms with Gasteiger partial charge in [0.1, 0.15) is 5.57 Å². The maximum atomic E-state index is 13.9. The summed E-state index contributed by atoms with van der Waals surface area (Å²) in [6.07, 6.45) is 1.15. The molecule has 194 valence electrons. The zero-order valence-corrected chi connectivity index (χ0v) is 20.8. The van der Waals surface area contributed by atoms with Crippen LogP contribution in [0.5, 0.6) is 11.5 Å². The summed E-state index contributed by atoms with van der Waals surface area (Å²) in [5.74, 6) is -2.72. The topological polar surface area (TPSA) is 130 Å². The summed E-state index contributed by atoms with van der Waals surface area (Å²) in [5, 5.41) is 23.1. The summed E-state index contributed by atoms with van der Waals surface area (Å²) < 4.78 is 5.05. The number of rotatable bonds is 5. The third kappa shape index (κ3) is 4.33. The first-order valence-electron chi connectivity index (χ1n) is 11.8. The Bertz CT molecular complexity index is 1720. The van der Waals surface area contributed by atoms with Gasteiger partial charge in [0.15, 0.2) is 5.75 Å². The summed E-state index contributed by atoms with van der Waals surface area (Å²) >= 11 is 0. The van der Waals surface area contributed by atoms with E-state index >= 15 is 0 Å². The van der Waals surface area contributed by atoms with Gasteiger partial charge in [-0.25, -0.2) is 14.6 Å². The van der Waals surface area contributed by atoms with Gasteiger partial charge in [0, 0.05) is 11.5 Å². The van der Waals surface area contributed by atoms with Gasteiger partial charge in [0.25, 0.3) is 11.8 Å². The third-order valence-corrected chi connectivity index (χ3v) is 6.32. The Morgan fingerprint density at radius 3 is 2.31 bits per heavy atom. The van der Waals surface area contributed by atoms with Gasteiger partial charge < -0.3 is 9.84 Å². The molecule has 4 aromatic carbocycles. The average molecular weight is 524 g/mol. The van der Waals surface area contributed by atoms with Crippen LogP contribution in [-0.4, -0.2) is 35.0 Å². The SMILES string of the molecule is COc1cc(/C=C2/C(=O)N(c3cccc(C)c3)C(=O)N(c3cccc4ccccc34)C2=O)cc([N+](=O)[O-])c1O. The van der Waals surface area contributed by atoms with E-state index in [9.17, 15) is 29.6 Å². The Hall–Kier alpha value is -5.51. The van der Waals surface area contributed by atoms with Crippen molar-refractivity contribution in [3.8, 4) is 11.5 Å². The lowest BCUT2D eigenvalue weighted by molar-refractivity contribution is -0.386. The second-order valence-electron chi connectivity index (χ2n) is 8.81. The number of phenolic OH excluding ortho intramolecular Hbond substituents is 1. The number of phenols is 1. The van der Waals surface area contributed by atoms with Gasteiger partial charge in [-0.1, -0.05) is 48.5 Å². The van der Waals surface area contributed by atoms with Crippen LogP contribution in [0.2, 0.25) is 0 Å². The first-order valence-corrected chi connectivity index (χ1v) is 11.8. The van der Waals surface area contributed by atoms with E-state index in [1.807, 2.05) is 18.2 Å². The number of hydrogen-bond donors (Lipinski definition) is 1. The molecule has 0 radical (unpaired) electrons. The molecule has 0 bridgehead atoms. The van der Waals surface area contributed by atoms with E-state index in [-0.39, 0.29) is 22.7 Å². The molecule has 0 aliphatic carbocycles. The first-order chi connectivity index (χ1) is 18.7. The zero-order chi connectivity index (χ0) is 27.8. The van der Waals surface area contributed by atoms with Crippen molar-refractivity contribution < 1.29 is 29.2 Å². The van der Waals surface area contributed by atoms with Crippen molar-refractivity contribution in [3.63, 3.8) is 0 Å². The standard InChI is InChI=1S/C29H21N3O7/c1-17-7-5-10-20(13-17)30-27(34)22(14-18-15-24(32(37)38)26(33)25(16-18)39-2)28(35)31(29(30)36)23-12-6-9-19-8-3-4-11-21(19)23/h3-16,33H,1-2H3/b22-14-. The number of hydrogen-bond acceptors (Lipinski definition) is 7.